The number of hydrogen-bond donors (Lipinski definition) is 1. The second-order valence-electron chi connectivity index (χ2n) is 4.20. The van der Waals surface area contributed by atoms with Gasteiger partial charge in [0.1, 0.15) is 0 Å². The molecule has 1 saturated carbocycles. The molecule has 0 aliphatic heterocycles. The molecule has 0 amide bonds. The molecule has 1 heterocycles. The van der Waals surface area contributed by atoms with Gasteiger partial charge in [0.25, 0.3) is 0 Å². The smallest absolute Gasteiger partial charge is 0.0302 e. The van der Waals surface area contributed by atoms with Crippen molar-refractivity contribution in [1.29, 1.82) is 0 Å². The molecule has 0 radical (unpaired) electrons. The van der Waals surface area contributed by atoms with Crippen LogP contribution in [0.15, 0.2) is 12.1 Å². The topological polar surface area (TPSA) is 12.0 Å². The van der Waals surface area contributed by atoms with Crippen LogP contribution in [0, 0.1) is 6.92 Å². The number of rotatable bonds is 4. The summed E-state index contributed by atoms with van der Waals surface area (Å²) in [5.41, 5.74) is 0. The van der Waals surface area contributed by atoms with Gasteiger partial charge >= 0.3 is 0 Å². The van der Waals surface area contributed by atoms with Crippen molar-refractivity contribution in [3.8, 4) is 0 Å². The molecule has 2 rings (SSSR count). The molecule has 1 fully saturated rings. The van der Waals surface area contributed by atoms with Gasteiger partial charge in [-0.1, -0.05) is 6.42 Å². The highest BCUT2D eigenvalue weighted by Crippen LogP contribution is 2.28. The number of nitrogens with one attached hydrogen (secondary N) is 1. The van der Waals surface area contributed by atoms with Gasteiger partial charge in [-0.2, -0.15) is 11.8 Å². The van der Waals surface area contributed by atoms with Gasteiger partial charge < -0.3 is 5.32 Å². The third-order valence-electron chi connectivity index (χ3n) is 3.09. The molecule has 0 aromatic carbocycles. The van der Waals surface area contributed by atoms with E-state index in [0.29, 0.717) is 0 Å². The summed E-state index contributed by atoms with van der Waals surface area (Å²) in [7, 11) is 0. The monoisotopic (exact) mass is 241 g/mol. The molecule has 0 bridgehead atoms. The zero-order chi connectivity index (χ0) is 10.7. The summed E-state index contributed by atoms with van der Waals surface area (Å²) in [5, 5.41) is 4.54. The fourth-order valence-electron chi connectivity index (χ4n) is 2.25. The summed E-state index contributed by atoms with van der Waals surface area (Å²) in [5.74, 6) is 0. The minimum Gasteiger partial charge on any atom is -0.308 e. The van der Waals surface area contributed by atoms with Crippen LogP contribution in [0.3, 0.4) is 0 Å². The molecule has 1 nitrogen and oxygen atoms in total. The lowest BCUT2D eigenvalue weighted by atomic mass is 10.2. The Morgan fingerprint density at radius 1 is 1.47 bits per heavy atom. The van der Waals surface area contributed by atoms with Gasteiger partial charge in [0.2, 0.25) is 0 Å². The third-order valence-corrected chi connectivity index (χ3v) is 5.26. The molecular weight excluding hydrogens is 222 g/mol. The SMILES string of the molecule is CSC1CCCC1NCc1ccc(C)s1. The molecular formula is C12H19NS2. The van der Waals surface area contributed by atoms with Gasteiger partial charge in [0, 0.05) is 27.6 Å². The Labute approximate surface area is 101 Å². The molecule has 84 valence electrons. The molecule has 1 aromatic rings. The largest absolute Gasteiger partial charge is 0.308 e. The van der Waals surface area contributed by atoms with E-state index in [1.54, 1.807) is 0 Å². The second kappa shape index (κ2) is 5.37. The first-order valence-corrected chi connectivity index (χ1v) is 7.71. The Balaban J connectivity index is 1.82. The highest BCUT2D eigenvalue weighted by molar-refractivity contribution is 7.99. The highest BCUT2D eigenvalue weighted by Gasteiger charge is 2.25. The standard InChI is InChI=1S/C12H19NS2/c1-9-6-7-10(15-9)8-13-11-4-3-5-12(11)14-2/h6-7,11-13H,3-5,8H2,1-2H3. The van der Waals surface area contributed by atoms with E-state index in [0.717, 1.165) is 17.8 Å². The number of hydrogen-bond acceptors (Lipinski definition) is 3. The molecule has 2 unspecified atom stereocenters. The number of thiophene rings is 1. The average molecular weight is 241 g/mol. The van der Waals surface area contributed by atoms with Gasteiger partial charge in [-0.05, 0) is 38.2 Å². The van der Waals surface area contributed by atoms with Crippen LogP contribution in [0.1, 0.15) is 29.0 Å². The van der Waals surface area contributed by atoms with E-state index >= 15 is 0 Å². The van der Waals surface area contributed by atoms with E-state index in [1.165, 1.54) is 29.0 Å². The van der Waals surface area contributed by atoms with E-state index < -0.39 is 0 Å². The maximum absolute atomic E-state index is 3.70. The molecule has 15 heavy (non-hydrogen) atoms. The molecule has 1 aromatic heterocycles. The van der Waals surface area contributed by atoms with Gasteiger partial charge in [-0.3, -0.25) is 0 Å². The van der Waals surface area contributed by atoms with Gasteiger partial charge in [-0.25, -0.2) is 0 Å². The number of thioether (sulfide) groups is 1. The van der Waals surface area contributed by atoms with Gasteiger partial charge in [-0.15, -0.1) is 11.3 Å². The Bertz CT molecular complexity index is 308. The quantitative estimate of drug-likeness (QED) is 0.867. The summed E-state index contributed by atoms with van der Waals surface area (Å²) in [4.78, 5) is 2.89. The van der Waals surface area contributed by atoms with Crippen LogP contribution in [0.25, 0.3) is 0 Å². The lowest BCUT2D eigenvalue weighted by molar-refractivity contribution is 0.535. The highest BCUT2D eigenvalue weighted by atomic mass is 32.2. The van der Waals surface area contributed by atoms with Crippen molar-refractivity contribution in [3.63, 3.8) is 0 Å². The van der Waals surface area contributed by atoms with Crippen molar-refractivity contribution >= 4 is 23.1 Å². The Morgan fingerprint density at radius 3 is 3.00 bits per heavy atom. The van der Waals surface area contributed by atoms with E-state index in [-0.39, 0.29) is 0 Å². The first-order chi connectivity index (χ1) is 7.29. The van der Waals surface area contributed by atoms with Crippen molar-refractivity contribution in [2.24, 2.45) is 0 Å². The summed E-state index contributed by atoms with van der Waals surface area (Å²) < 4.78 is 0. The van der Waals surface area contributed by atoms with Crippen LogP contribution in [0.4, 0.5) is 0 Å². The minimum absolute atomic E-state index is 0.738. The van der Waals surface area contributed by atoms with Crippen LogP contribution in [-0.4, -0.2) is 17.5 Å². The molecule has 2 atom stereocenters. The maximum Gasteiger partial charge on any atom is 0.0302 e. The van der Waals surface area contributed by atoms with Crippen molar-refractivity contribution in [1.82, 2.24) is 5.32 Å². The third kappa shape index (κ3) is 2.99. The van der Waals surface area contributed by atoms with Crippen molar-refractivity contribution < 1.29 is 0 Å². The predicted octanol–water partition coefficient (Wildman–Crippen LogP) is 3.43. The van der Waals surface area contributed by atoms with Gasteiger partial charge in [0.15, 0.2) is 0 Å². The number of aryl methyl sites for hydroxylation is 1. The van der Waals surface area contributed by atoms with Crippen LogP contribution in [-0.2, 0) is 6.54 Å². The first-order valence-electron chi connectivity index (χ1n) is 5.61. The summed E-state index contributed by atoms with van der Waals surface area (Å²) in [6, 6.07) is 5.20. The maximum atomic E-state index is 3.70. The van der Waals surface area contributed by atoms with Crippen LogP contribution in [0.2, 0.25) is 0 Å². The zero-order valence-corrected chi connectivity index (χ0v) is 11.1. The zero-order valence-electron chi connectivity index (χ0n) is 9.45. The van der Waals surface area contributed by atoms with Crippen molar-refractivity contribution in [2.75, 3.05) is 6.26 Å². The normalized spacial score (nSPS) is 26.0. The molecule has 0 spiro atoms. The van der Waals surface area contributed by atoms with Crippen molar-refractivity contribution in [3.05, 3.63) is 21.9 Å². The summed E-state index contributed by atoms with van der Waals surface area (Å²) in [6.45, 7) is 3.23. The minimum atomic E-state index is 0.738. The lowest BCUT2D eigenvalue weighted by Gasteiger charge is -2.18. The average Bonchev–Trinajstić information content (AvgIpc) is 2.83. The summed E-state index contributed by atoms with van der Waals surface area (Å²) in [6.07, 6.45) is 6.38. The first kappa shape index (κ1) is 11.5. The predicted molar refractivity (Wildman–Crippen MR) is 70.8 cm³/mol. The van der Waals surface area contributed by atoms with Crippen molar-refractivity contribution in [2.45, 2.75) is 44.0 Å². The van der Waals surface area contributed by atoms with E-state index in [4.69, 9.17) is 0 Å². The van der Waals surface area contributed by atoms with E-state index in [9.17, 15) is 0 Å². The second-order valence-corrected chi connectivity index (χ2v) is 6.65. The Kier molecular flexibility index (Phi) is 4.12. The summed E-state index contributed by atoms with van der Waals surface area (Å²) >= 11 is 3.93. The Morgan fingerprint density at radius 2 is 2.33 bits per heavy atom. The fourth-order valence-corrected chi connectivity index (χ4v) is 4.06. The lowest BCUT2D eigenvalue weighted by Crippen LogP contribution is -2.33. The van der Waals surface area contributed by atoms with E-state index in [1.807, 2.05) is 23.1 Å². The molecule has 1 aliphatic rings. The van der Waals surface area contributed by atoms with E-state index in [2.05, 4.69) is 30.6 Å². The van der Waals surface area contributed by atoms with Crippen LogP contribution in [0.5, 0.6) is 0 Å². The molecule has 1 aliphatic carbocycles. The van der Waals surface area contributed by atoms with Gasteiger partial charge in [0.05, 0.1) is 0 Å². The molecule has 1 N–H and O–H groups in total. The van der Waals surface area contributed by atoms with Crippen LogP contribution < -0.4 is 5.32 Å². The van der Waals surface area contributed by atoms with Crippen LogP contribution >= 0.6 is 23.1 Å². The molecule has 0 saturated heterocycles. The fraction of sp³-hybridized carbons (Fsp3) is 0.667. The Hall–Kier alpha value is 0.01000. The molecule has 3 heteroatoms.